The molecule has 2 aromatic rings. The molecule has 0 unspecified atom stereocenters. The van der Waals surface area contributed by atoms with Crippen molar-refractivity contribution in [3.63, 3.8) is 0 Å². The lowest BCUT2D eigenvalue weighted by atomic mass is 10.0. The number of imidazole rings is 1. The van der Waals surface area contributed by atoms with E-state index in [1.165, 1.54) is 5.56 Å². The van der Waals surface area contributed by atoms with Gasteiger partial charge in [-0.1, -0.05) is 32.0 Å². The highest BCUT2D eigenvalue weighted by atomic mass is 16.5. The van der Waals surface area contributed by atoms with Crippen molar-refractivity contribution < 1.29 is 9.30 Å². The number of rotatable bonds is 5. The van der Waals surface area contributed by atoms with E-state index in [0.29, 0.717) is 18.0 Å². The van der Waals surface area contributed by atoms with Crippen molar-refractivity contribution in [3.8, 4) is 11.8 Å². The summed E-state index contributed by atoms with van der Waals surface area (Å²) in [5.74, 6) is 1.39. The molecule has 2 rings (SSSR count). The van der Waals surface area contributed by atoms with Gasteiger partial charge in [0, 0.05) is 0 Å². The van der Waals surface area contributed by atoms with E-state index in [1.807, 2.05) is 6.07 Å². The maximum Gasteiger partial charge on any atom is 0.462 e. The Hall–Kier alpha value is -1.77. The first-order valence-electron chi connectivity index (χ1n) is 7.80. The SMILES string of the molecule is CC(C)c1ccccc1Oc1n(C(C)C)cc[n+]1C(C)C. The Kier molecular flexibility index (Phi) is 4.71. The molecule has 0 saturated heterocycles. The predicted molar refractivity (Wildman–Crippen MR) is 86.0 cm³/mol. The highest BCUT2D eigenvalue weighted by Gasteiger charge is 2.25. The molecule has 0 bridgehead atoms. The Bertz CT molecular complexity index is 572. The van der Waals surface area contributed by atoms with E-state index in [4.69, 9.17) is 4.74 Å². The van der Waals surface area contributed by atoms with E-state index < -0.39 is 0 Å². The van der Waals surface area contributed by atoms with Crippen molar-refractivity contribution >= 4 is 0 Å². The molecule has 0 N–H and O–H groups in total. The molecule has 0 amide bonds. The Balaban J connectivity index is 2.46. The van der Waals surface area contributed by atoms with E-state index in [1.54, 1.807) is 0 Å². The lowest BCUT2D eigenvalue weighted by Crippen LogP contribution is -2.36. The van der Waals surface area contributed by atoms with Gasteiger partial charge in [0.05, 0.1) is 12.1 Å². The third-order valence-electron chi connectivity index (χ3n) is 3.68. The Morgan fingerprint density at radius 3 is 2.24 bits per heavy atom. The van der Waals surface area contributed by atoms with Crippen LogP contribution in [-0.2, 0) is 0 Å². The first-order valence-corrected chi connectivity index (χ1v) is 7.80. The van der Waals surface area contributed by atoms with Gasteiger partial charge < -0.3 is 4.74 Å². The number of hydrogen-bond donors (Lipinski definition) is 0. The zero-order chi connectivity index (χ0) is 15.6. The normalized spacial score (nSPS) is 11.7. The second-order valence-electron chi connectivity index (χ2n) is 6.38. The molecule has 1 aromatic heterocycles. The molecule has 0 radical (unpaired) electrons. The highest BCUT2D eigenvalue weighted by molar-refractivity contribution is 5.36. The van der Waals surface area contributed by atoms with Crippen LogP contribution in [0.15, 0.2) is 36.7 Å². The fourth-order valence-corrected chi connectivity index (χ4v) is 2.44. The van der Waals surface area contributed by atoms with Crippen LogP contribution in [0.25, 0.3) is 0 Å². The number of para-hydroxylation sites is 1. The zero-order valence-electron chi connectivity index (χ0n) is 14.0. The number of hydrogen-bond acceptors (Lipinski definition) is 1. The summed E-state index contributed by atoms with van der Waals surface area (Å²) in [5.41, 5.74) is 1.24. The third kappa shape index (κ3) is 3.29. The van der Waals surface area contributed by atoms with Crippen LogP contribution in [0.3, 0.4) is 0 Å². The Labute approximate surface area is 128 Å². The summed E-state index contributed by atoms with van der Waals surface area (Å²) in [5, 5.41) is 0. The van der Waals surface area contributed by atoms with E-state index in [-0.39, 0.29) is 0 Å². The molecular weight excluding hydrogens is 260 g/mol. The van der Waals surface area contributed by atoms with Crippen LogP contribution in [0, 0.1) is 0 Å². The summed E-state index contributed by atoms with van der Waals surface area (Å²) in [6.45, 7) is 13.1. The molecule has 0 fully saturated rings. The monoisotopic (exact) mass is 287 g/mol. The second kappa shape index (κ2) is 6.33. The molecule has 1 aromatic carbocycles. The maximum atomic E-state index is 6.32. The molecule has 1 heterocycles. The molecule has 3 nitrogen and oxygen atoms in total. The first kappa shape index (κ1) is 15.6. The molecule has 0 aliphatic heterocycles. The van der Waals surface area contributed by atoms with Crippen LogP contribution >= 0.6 is 0 Å². The van der Waals surface area contributed by atoms with Gasteiger partial charge in [-0.25, -0.2) is 0 Å². The summed E-state index contributed by atoms with van der Waals surface area (Å²) in [6.07, 6.45) is 4.19. The number of ether oxygens (including phenoxy) is 1. The van der Waals surface area contributed by atoms with Crippen LogP contribution in [0.5, 0.6) is 11.8 Å². The van der Waals surface area contributed by atoms with E-state index in [0.717, 1.165) is 11.8 Å². The van der Waals surface area contributed by atoms with E-state index >= 15 is 0 Å². The molecule has 3 heteroatoms. The summed E-state index contributed by atoms with van der Waals surface area (Å²) in [6, 6.07) is 9.93. The molecule has 0 saturated carbocycles. The van der Waals surface area contributed by atoms with Crippen LogP contribution in [0.2, 0.25) is 0 Å². The molecule has 0 atom stereocenters. The van der Waals surface area contributed by atoms with Gasteiger partial charge in [-0.05, 0) is 45.2 Å². The number of aromatic nitrogens is 2. The van der Waals surface area contributed by atoms with E-state index in [2.05, 4.69) is 81.3 Å². The second-order valence-corrected chi connectivity index (χ2v) is 6.38. The lowest BCUT2D eigenvalue weighted by molar-refractivity contribution is -0.719. The van der Waals surface area contributed by atoms with Gasteiger partial charge in [0.15, 0.2) is 0 Å². The van der Waals surface area contributed by atoms with Gasteiger partial charge in [0.1, 0.15) is 18.1 Å². The fraction of sp³-hybridized carbons (Fsp3) is 0.500. The first-order chi connectivity index (χ1) is 9.91. The van der Waals surface area contributed by atoms with Crippen LogP contribution < -0.4 is 9.30 Å². The number of benzene rings is 1. The van der Waals surface area contributed by atoms with Gasteiger partial charge in [0.2, 0.25) is 0 Å². The van der Waals surface area contributed by atoms with Crippen molar-refractivity contribution in [2.45, 2.75) is 59.5 Å². The Morgan fingerprint density at radius 1 is 1.00 bits per heavy atom. The van der Waals surface area contributed by atoms with Crippen molar-refractivity contribution in [2.24, 2.45) is 0 Å². The molecule has 114 valence electrons. The summed E-state index contributed by atoms with van der Waals surface area (Å²) < 4.78 is 10.7. The molecule has 21 heavy (non-hydrogen) atoms. The molecule has 0 aliphatic carbocycles. The van der Waals surface area contributed by atoms with Crippen LogP contribution in [-0.4, -0.2) is 4.57 Å². The van der Waals surface area contributed by atoms with Crippen molar-refractivity contribution in [2.75, 3.05) is 0 Å². The van der Waals surface area contributed by atoms with Gasteiger partial charge in [-0.15, -0.1) is 0 Å². The average Bonchev–Trinajstić information content (AvgIpc) is 2.83. The zero-order valence-corrected chi connectivity index (χ0v) is 14.0. The Morgan fingerprint density at radius 2 is 1.67 bits per heavy atom. The smallest absolute Gasteiger partial charge is 0.391 e. The predicted octanol–water partition coefficient (Wildman–Crippen LogP) is 4.85. The number of nitrogens with zero attached hydrogens (tertiary/aromatic N) is 2. The minimum Gasteiger partial charge on any atom is -0.391 e. The summed E-state index contributed by atoms with van der Waals surface area (Å²) in [7, 11) is 0. The van der Waals surface area contributed by atoms with Crippen molar-refractivity contribution in [3.05, 3.63) is 42.2 Å². The quantitative estimate of drug-likeness (QED) is 0.719. The minimum atomic E-state index is 0.367. The van der Waals surface area contributed by atoms with E-state index in [9.17, 15) is 0 Å². The van der Waals surface area contributed by atoms with Gasteiger partial charge in [-0.3, -0.25) is 0 Å². The maximum absolute atomic E-state index is 6.32. The van der Waals surface area contributed by atoms with Crippen molar-refractivity contribution in [1.29, 1.82) is 0 Å². The molecule has 0 aliphatic rings. The minimum absolute atomic E-state index is 0.367. The highest BCUT2D eigenvalue weighted by Crippen LogP contribution is 2.30. The largest absolute Gasteiger partial charge is 0.462 e. The van der Waals surface area contributed by atoms with Crippen molar-refractivity contribution in [1.82, 2.24) is 4.57 Å². The third-order valence-corrected chi connectivity index (χ3v) is 3.68. The lowest BCUT2D eigenvalue weighted by Gasteiger charge is -2.14. The standard InChI is InChI=1S/C18H27N2O/c1-13(2)16-9-7-8-10-17(16)21-18-19(14(3)4)11-12-20(18)15(5)6/h7-15H,1-6H3/q+1. The molecular formula is C18H27N2O+. The van der Waals surface area contributed by atoms with Gasteiger partial charge in [-0.2, -0.15) is 9.13 Å². The van der Waals surface area contributed by atoms with Crippen LogP contribution in [0.1, 0.15) is 65.1 Å². The summed E-state index contributed by atoms with van der Waals surface area (Å²) >= 11 is 0. The summed E-state index contributed by atoms with van der Waals surface area (Å²) in [4.78, 5) is 0. The fourth-order valence-electron chi connectivity index (χ4n) is 2.44. The van der Waals surface area contributed by atoms with Crippen LogP contribution in [0.4, 0.5) is 0 Å². The molecule has 0 spiro atoms. The topological polar surface area (TPSA) is 18.0 Å². The van der Waals surface area contributed by atoms with Gasteiger partial charge in [0.25, 0.3) is 0 Å². The van der Waals surface area contributed by atoms with Gasteiger partial charge >= 0.3 is 6.01 Å². The average molecular weight is 287 g/mol.